The van der Waals surface area contributed by atoms with Crippen molar-refractivity contribution in [2.24, 2.45) is 21.7 Å². The van der Waals surface area contributed by atoms with E-state index in [1.807, 2.05) is 18.4 Å². The Hall–Kier alpha value is -3.52. The van der Waals surface area contributed by atoms with Gasteiger partial charge >= 0.3 is 12.0 Å². The average Bonchev–Trinajstić information content (AvgIpc) is 2.89. The van der Waals surface area contributed by atoms with E-state index >= 15 is 0 Å². The van der Waals surface area contributed by atoms with Crippen LogP contribution in [0.15, 0.2) is 63.7 Å². The molecule has 0 aliphatic carbocycles. The predicted octanol–water partition coefficient (Wildman–Crippen LogP) is 1.75. The highest BCUT2D eigenvalue weighted by atomic mass is 32.2. The van der Waals surface area contributed by atoms with Crippen LogP contribution in [0.4, 0.5) is 10.5 Å². The second-order valence-corrected chi connectivity index (χ2v) is 8.86. The standard InChI is InChI=1S/C24H33N7O5S/c1-36-22(34)19(4-3-13-27-23(25)26)28-21(33)20(14-15-5-9-17(32)10-6-15)29-24(35)31-30-16-7-11-18(37-2)12-8-16/h5-12,19-20,23,27,32H,3-4,13-14,25-26H2,1-2H3,(H,28,33)(H,29,35)/b31-30+. The highest BCUT2D eigenvalue weighted by Crippen LogP contribution is 2.19. The van der Waals surface area contributed by atoms with Crippen LogP contribution in [0.1, 0.15) is 18.4 Å². The summed E-state index contributed by atoms with van der Waals surface area (Å²) >= 11 is 1.57. The maximum Gasteiger partial charge on any atom is 0.360 e. The van der Waals surface area contributed by atoms with Crippen molar-refractivity contribution in [3.05, 3.63) is 54.1 Å². The second-order valence-electron chi connectivity index (χ2n) is 7.98. The molecule has 0 radical (unpaired) electrons. The van der Waals surface area contributed by atoms with Gasteiger partial charge in [-0.1, -0.05) is 17.2 Å². The lowest BCUT2D eigenvalue weighted by atomic mass is 10.0. The fourth-order valence-electron chi connectivity index (χ4n) is 3.25. The van der Waals surface area contributed by atoms with Crippen molar-refractivity contribution in [3.63, 3.8) is 0 Å². The smallest absolute Gasteiger partial charge is 0.360 e. The minimum atomic E-state index is -1.09. The Labute approximate surface area is 219 Å². The number of urea groups is 1. The maximum atomic E-state index is 13.2. The highest BCUT2D eigenvalue weighted by molar-refractivity contribution is 7.98. The van der Waals surface area contributed by atoms with Gasteiger partial charge in [-0.2, -0.15) is 0 Å². The summed E-state index contributed by atoms with van der Waals surface area (Å²) in [6, 6.07) is 10.4. The van der Waals surface area contributed by atoms with E-state index in [0.29, 0.717) is 24.2 Å². The number of hydrogen-bond acceptors (Lipinski definition) is 10. The lowest BCUT2D eigenvalue weighted by Gasteiger charge is -2.22. The molecule has 2 rings (SSSR count). The van der Waals surface area contributed by atoms with Crippen molar-refractivity contribution in [1.29, 1.82) is 0 Å². The average molecular weight is 532 g/mol. The third-order valence-electron chi connectivity index (χ3n) is 5.17. The quantitative estimate of drug-likeness (QED) is 0.0734. The molecule has 2 unspecified atom stereocenters. The first kappa shape index (κ1) is 29.7. The number of ether oxygens (including phenoxy) is 1. The molecule has 8 N–H and O–H groups in total. The molecular formula is C24H33N7O5S. The summed E-state index contributed by atoms with van der Waals surface area (Å²) in [7, 11) is 1.22. The van der Waals surface area contributed by atoms with Gasteiger partial charge in [0.05, 0.1) is 12.8 Å². The van der Waals surface area contributed by atoms with Gasteiger partial charge in [0.25, 0.3) is 0 Å². The first-order valence-electron chi connectivity index (χ1n) is 11.5. The molecule has 0 bridgehead atoms. The van der Waals surface area contributed by atoms with Crippen LogP contribution in [-0.4, -0.2) is 61.3 Å². The van der Waals surface area contributed by atoms with E-state index in [0.717, 1.165) is 4.90 Å². The molecule has 0 saturated heterocycles. The van der Waals surface area contributed by atoms with Crippen molar-refractivity contribution >= 4 is 35.4 Å². The van der Waals surface area contributed by atoms with Crippen molar-refractivity contribution in [3.8, 4) is 5.75 Å². The number of benzene rings is 2. The minimum absolute atomic E-state index is 0.0617. The van der Waals surface area contributed by atoms with Gasteiger partial charge in [-0.05, 0) is 67.6 Å². The molecule has 0 aliphatic rings. The summed E-state index contributed by atoms with van der Waals surface area (Å²) in [5.41, 5.74) is 12.0. The molecule has 13 heteroatoms. The minimum Gasteiger partial charge on any atom is -0.508 e. The third kappa shape index (κ3) is 11.0. The van der Waals surface area contributed by atoms with Crippen LogP contribution in [0.25, 0.3) is 0 Å². The van der Waals surface area contributed by atoms with Crippen molar-refractivity contribution in [2.45, 2.75) is 42.5 Å². The van der Waals surface area contributed by atoms with Gasteiger partial charge in [-0.25, -0.2) is 9.59 Å². The molecule has 0 fully saturated rings. The van der Waals surface area contributed by atoms with E-state index in [1.54, 1.807) is 36.0 Å². The number of nitrogens with two attached hydrogens (primary N) is 2. The first-order chi connectivity index (χ1) is 17.7. The zero-order chi connectivity index (χ0) is 27.2. The van der Waals surface area contributed by atoms with E-state index < -0.39 is 36.3 Å². The number of carbonyl (C=O) groups is 3. The zero-order valence-corrected chi connectivity index (χ0v) is 21.5. The van der Waals surface area contributed by atoms with Crippen molar-refractivity contribution < 1.29 is 24.2 Å². The Morgan fingerprint density at radius 2 is 1.70 bits per heavy atom. The predicted molar refractivity (Wildman–Crippen MR) is 140 cm³/mol. The fraction of sp³-hybridized carbons (Fsp3) is 0.375. The van der Waals surface area contributed by atoms with E-state index in [2.05, 4.69) is 26.2 Å². The number of esters is 1. The summed E-state index contributed by atoms with van der Waals surface area (Å²) in [6.07, 6.45) is 2.05. The molecule has 37 heavy (non-hydrogen) atoms. The van der Waals surface area contributed by atoms with Gasteiger partial charge < -0.3 is 31.9 Å². The number of phenols is 1. The molecule has 0 aliphatic heterocycles. The zero-order valence-electron chi connectivity index (χ0n) is 20.7. The summed E-state index contributed by atoms with van der Waals surface area (Å²) in [4.78, 5) is 39.0. The third-order valence-corrected chi connectivity index (χ3v) is 5.91. The number of carbonyl (C=O) groups excluding carboxylic acids is 3. The Bertz CT molecular complexity index is 1050. The Balaban J connectivity index is 2.13. The second kappa shape index (κ2) is 15.6. The van der Waals surface area contributed by atoms with Gasteiger partial charge in [0.1, 0.15) is 24.1 Å². The van der Waals surface area contributed by atoms with Crippen LogP contribution in [0.2, 0.25) is 0 Å². The Kier molecular flexibility index (Phi) is 12.5. The number of hydrogen-bond donors (Lipinski definition) is 6. The molecule has 0 aromatic heterocycles. The number of nitrogens with zero attached hydrogens (tertiary/aromatic N) is 2. The van der Waals surface area contributed by atoms with E-state index in [-0.39, 0.29) is 18.6 Å². The lowest BCUT2D eigenvalue weighted by Crippen LogP contribution is -2.52. The van der Waals surface area contributed by atoms with Gasteiger partial charge in [0.2, 0.25) is 5.91 Å². The molecular weight excluding hydrogens is 498 g/mol. The van der Waals surface area contributed by atoms with Crippen molar-refractivity contribution in [1.82, 2.24) is 16.0 Å². The Morgan fingerprint density at radius 1 is 1.03 bits per heavy atom. The summed E-state index contributed by atoms with van der Waals surface area (Å²) in [5.74, 6) is -1.18. The molecule has 2 atom stereocenters. The van der Waals surface area contributed by atoms with Crippen LogP contribution in [0.3, 0.4) is 0 Å². The summed E-state index contributed by atoms with van der Waals surface area (Å²) in [5, 5.41) is 25.1. The van der Waals surface area contributed by atoms with Crippen LogP contribution in [0.5, 0.6) is 5.75 Å². The van der Waals surface area contributed by atoms with Gasteiger partial charge in [0, 0.05) is 11.3 Å². The summed E-state index contributed by atoms with van der Waals surface area (Å²) in [6.45, 7) is 0.424. The molecule has 200 valence electrons. The number of nitrogens with one attached hydrogen (secondary N) is 3. The number of amides is 3. The van der Waals surface area contributed by atoms with Crippen LogP contribution < -0.4 is 27.4 Å². The molecule has 0 saturated carbocycles. The number of rotatable bonds is 13. The molecule has 2 aromatic carbocycles. The van der Waals surface area contributed by atoms with Gasteiger partial charge in [-0.15, -0.1) is 16.9 Å². The van der Waals surface area contributed by atoms with Crippen LogP contribution >= 0.6 is 11.8 Å². The normalized spacial score (nSPS) is 12.8. The Morgan fingerprint density at radius 3 is 2.30 bits per heavy atom. The number of aromatic hydroxyl groups is 1. The van der Waals surface area contributed by atoms with Crippen LogP contribution in [-0.2, 0) is 20.7 Å². The van der Waals surface area contributed by atoms with Crippen LogP contribution in [0, 0.1) is 0 Å². The van der Waals surface area contributed by atoms with Gasteiger partial charge in [0.15, 0.2) is 0 Å². The summed E-state index contributed by atoms with van der Waals surface area (Å²) < 4.78 is 4.81. The molecule has 12 nitrogen and oxygen atoms in total. The topological polar surface area (TPSA) is 194 Å². The fourth-order valence-corrected chi connectivity index (χ4v) is 3.65. The van der Waals surface area contributed by atoms with E-state index in [4.69, 9.17) is 16.2 Å². The van der Waals surface area contributed by atoms with E-state index in [1.165, 1.54) is 19.2 Å². The molecule has 2 aromatic rings. The number of phenolic OH excluding ortho intramolecular Hbond substituents is 1. The van der Waals surface area contributed by atoms with Crippen molar-refractivity contribution in [2.75, 3.05) is 19.9 Å². The lowest BCUT2D eigenvalue weighted by molar-refractivity contribution is -0.145. The van der Waals surface area contributed by atoms with Gasteiger partial charge in [-0.3, -0.25) is 10.1 Å². The molecule has 3 amide bonds. The van der Waals surface area contributed by atoms with E-state index in [9.17, 15) is 19.5 Å². The number of thioether (sulfide) groups is 1. The highest BCUT2D eigenvalue weighted by Gasteiger charge is 2.27. The molecule has 0 spiro atoms. The number of azo groups is 1. The first-order valence-corrected chi connectivity index (χ1v) is 12.7. The monoisotopic (exact) mass is 531 g/mol. The maximum absolute atomic E-state index is 13.2. The SMILES string of the molecule is COC(=O)C(CCCNC(N)N)NC(=O)C(Cc1ccc(O)cc1)NC(=O)/N=N/c1ccc(SC)cc1. The molecule has 0 heterocycles. The number of methoxy groups -OCH3 is 1. The largest absolute Gasteiger partial charge is 0.508 e.